The zero-order valence-electron chi connectivity index (χ0n) is 13.4. The molecular formula is C24H18. The molecule has 0 saturated carbocycles. The molecule has 0 saturated heterocycles. The van der Waals surface area contributed by atoms with Crippen LogP contribution in [0.4, 0.5) is 0 Å². The van der Waals surface area contributed by atoms with Crippen molar-refractivity contribution in [1.29, 1.82) is 0 Å². The van der Waals surface area contributed by atoms with E-state index in [4.69, 9.17) is 12.8 Å². The molecule has 3 aromatic carbocycles. The van der Waals surface area contributed by atoms with Gasteiger partial charge in [0, 0.05) is 0 Å². The van der Waals surface area contributed by atoms with Crippen LogP contribution in [0.3, 0.4) is 0 Å². The maximum absolute atomic E-state index is 5.88. The first-order valence-electron chi connectivity index (χ1n) is 7.96. The summed E-state index contributed by atoms with van der Waals surface area (Å²) >= 11 is 0. The van der Waals surface area contributed by atoms with Gasteiger partial charge in [-0.25, -0.2) is 0 Å². The van der Waals surface area contributed by atoms with Crippen LogP contribution >= 0.6 is 0 Å². The predicted molar refractivity (Wildman–Crippen MR) is 101 cm³/mol. The predicted octanol–water partition coefficient (Wildman–Crippen LogP) is 5.22. The van der Waals surface area contributed by atoms with E-state index in [1.165, 1.54) is 0 Å². The number of rotatable bonds is 4. The van der Waals surface area contributed by atoms with Gasteiger partial charge in [-0.3, -0.25) is 0 Å². The largest absolute Gasteiger partial charge is 0.119 e. The molecule has 114 valence electrons. The van der Waals surface area contributed by atoms with Crippen molar-refractivity contribution in [2.24, 2.45) is 0 Å². The maximum atomic E-state index is 5.88. The third kappa shape index (κ3) is 3.10. The second-order valence-electron chi connectivity index (χ2n) is 5.65. The van der Waals surface area contributed by atoms with Gasteiger partial charge < -0.3 is 0 Å². The molecule has 0 aromatic heterocycles. The number of hydrogen-bond acceptors (Lipinski definition) is 0. The van der Waals surface area contributed by atoms with E-state index in [1.54, 1.807) is 0 Å². The molecule has 2 unspecified atom stereocenters. The highest BCUT2D eigenvalue weighted by Gasteiger charge is 2.20. The molecule has 2 atom stereocenters. The van der Waals surface area contributed by atoms with Gasteiger partial charge in [0.25, 0.3) is 0 Å². The molecule has 0 aliphatic heterocycles. The highest BCUT2D eigenvalue weighted by molar-refractivity contribution is 5.50. The monoisotopic (exact) mass is 306 g/mol. The second-order valence-corrected chi connectivity index (χ2v) is 5.65. The average Bonchev–Trinajstić information content (AvgIpc) is 2.66. The summed E-state index contributed by atoms with van der Waals surface area (Å²) in [6.07, 6.45) is 11.8. The second kappa shape index (κ2) is 7.36. The minimum absolute atomic E-state index is 0.109. The molecule has 3 aromatic rings. The van der Waals surface area contributed by atoms with Crippen LogP contribution in [-0.2, 0) is 0 Å². The molecule has 24 heavy (non-hydrogen) atoms. The van der Waals surface area contributed by atoms with Crippen LogP contribution in [0.2, 0.25) is 0 Å². The number of benzene rings is 3. The Balaban J connectivity index is 2.11. The minimum atomic E-state index is -0.109. The van der Waals surface area contributed by atoms with Crippen LogP contribution in [0.1, 0.15) is 34.1 Å². The molecule has 0 aliphatic rings. The summed E-state index contributed by atoms with van der Waals surface area (Å²) < 4.78 is 0. The molecule has 0 radical (unpaired) electrons. The molecule has 0 nitrogen and oxygen atoms in total. The Hall–Kier alpha value is -3.22. The van der Waals surface area contributed by atoms with E-state index in [2.05, 4.69) is 48.2 Å². The third-order valence-electron chi connectivity index (χ3n) is 4.22. The molecule has 0 N–H and O–H groups in total. The van der Waals surface area contributed by atoms with E-state index in [0.29, 0.717) is 0 Å². The Morgan fingerprint density at radius 1 is 0.500 bits per heavy atom. The topological polar surface area (TPSA) is 0 Å². The molecule has 0 amide bonds. The lowest BCUT2D eigenvalue weighted by Crippen LogP contribution is -2.07. The first-order valence-corrected chi connectivity index (χ1v) is 7.96. The lowest BCUT2D eigenvalue weighted by Gasteiger charge is -2.20. The standard InChI is InChI=1S/C24H18/c1-3-21(19-13-7-5-8-14-19)23-17-11-12-18-24(23)22(4-2)20-15-9-6-10-16-20/h1-2,5-18,21-22H. The first-order chi connectivity index (χ1) is 11.8. The highest BCUT2D eigenvalue weighted by atomic mass is 14.2. The van der Waals surface area contributed by atoms with Gasteiger partial charge in [-0.2, -0.15) is 0 Å². The van der Waals surface area contributed by atoms with Gasteiger partial charge in [-0.15, -0.1) is 12.8 Å². The molecular weight excluding hydrogens is 288 g/mol. The summed E-state index contributed by atoms with van der Waals surface area (Å²) in [5.74, 6) is 5.66. The zero-order valence-corrected chi connectivity index (χ0v) is 13.4. The van der Waals surface area contributed by atoms with Crippen molar-refractivity contribution in [3.8, 4) is 24.7 Å². The lowest BCUT2D eigenvalue weighted by atomic mass is 9.82. The van der Waals surface area contributed by atoms with Crippen LogP contribution < -0.4 is 0 Å². The van der Waals surface area contributed by atoms with Crippen molar-refractivity contribution in [3.05, 3.63) is 107 Å². The van der Waals surface area contributed by atoms with E-state index < -0.39 is 0 Å². The smallest absolute Gasteiger partial charge is 0.0702 e. The Morgan fingerprint density at radius 3 is 1.17 bits per heavy atom. The number of terminal acetylenes is 2. The fourth-order valence-electron chi connectivity index (χ4n) is 3.06. The van der Waals surface area contributed by atoms with Crippen LogP contribution in [0.25, 0.3) is 0 Å². The summed E-state index contributed by atoms with van der Waals surface area (Å²) in [7, 11) is 0. The summed E-state index contributed by atoms with van der Waals surface area (Å²) in [6, 6.07) is 28.5. The molecule has 0 fully saturated rings. The fraction of sp³-hybridized carbons (Fsp3) is 0.0833. The Morgan fingerprint density at radius 2 is 0.833 bits per heavy atom. The van der Waals surface area contributed by atoms with E-state index >= 15 is 0 Å². The van der Waals surface area contributed by atoms with Crippen molar-refractivity contribution in [1.82, 2.24) is 0 Å². The van der Waals surface area contributed by atoms with Crippen LogP contribution in [0.15, 0.2) is 84.9 Å². The van der Waals surface area contributed by atoms with Crippen molar-refractivity contribution >= 4 is 0 Å². The quantitative estimate of drug-likeness (QED) is 0.580. The third-order valence-corrected chi connectivity index (χ3v) is 4.22. The Bertz CT molecular complexity index is 800. The Labute approximate surface area is 144 Å². The molecule has 0 aliphatic carbocycles. The fourth-order valence-corrected chi connectivity index (χ4v) is 3.06. The normalized spacial score (nSPS) is 12.6. The van der Waals surface area contributed by atoms with Crippen LogP contribution in [0.5, 0.6) is 0 Å². The van der Waals surface area contributed by atoms with Gasteiger partial charge in [-0.1, -0.05) is 96.8 Å². The molecule has 0 heteroatoms. The summed E-state index contributed by atoms with van der Waals surface area (Å²) in [4.78, 5) is 0. The summed E-state index contributed by atoms with van der Waals surface area (Å²) in [6.45, 7) is 0. The van der Waals surface area contributed by atoms with Gasteiger partial charge in [0.05, 0.1) is 11.8 Å². The van der Waals surface area contributed by atoms with E-state index in [1.807, 2.05) is 48.5 Å². The van der Waals surface area contributed by atoms with Gasteiger partial charge in [0.15, 0.2) is 0 Å². The lowest BCUT2D eigenvalue weighted by molar-refractivity contribution is 0.971. The van der Waals surface area contributed by atoms with Gasteiger partial charge in [0.2, 0.25) is 0 Å². The van der Waals surface area contributed by atoms with E-state index in [0.717, 1.165) is 22.3 Å². The number of hydrogen-bond donors (Lipinski definition) is 0. The highest BCUT2D eigenvalue weighted by Crippen LogP contribution is 2.33. The SMILES string of the molecule is C#CC(c1ccccc1)c1ccccc1C(C#C)c1ccccc1. The minimum Gasteiger partial charge on any atom is -0.119 e. The molecule has 0 bridgehead atoms. The van der Waals surface area contributed by atoms with Crippen molar-refractivity contribution in [3.63, 3.8) is 0 Å². The van der Waals surface area contributed by atoms with Crippen molar-refractivity contribution < 1.29 is 0 Å². The Kier molecular flexibility index (Phi) is 4.81. The molecule has 0 spiro atoms. The van der Waals surface area contributed by atoms with Crippen molar-refractivity contribution in [2.45, 2.75) is 11.8 Å². The summed E-state index contributed by atoms with van der Waals surface area (Å²) in [5, 5.41) is 0. The van der Waals surface area contributed by atoms with Gasteiger partial charge in [-0.05, 0) is 22.3 Å². The molecule has 0 heterocycles. The van der Waals surface area contributed by atoms with E-state index in [-0.39, 0.29) is 11.8 Å². The maximum Gasteiger partial charge on any atom is 0.0702 e. The molecule has 3 rings (SSSR count). The van der Waals surface area contributed by atoms with E-state index in [9.17, 15) is 0 Å². The summed E-state index contributed by atoms with van der Waals surface area (Å²) in [5.41, 5.74) is 4.41. The average molecular weight is 306 g/mol. The van der Waals surface area contributed by atoms with Crippen molar-refractivity contribution in [2.75, 3.05) is 0 Å². The van der Waals surface area contributed by atoms with Gasteiger partial charge >= 0.3 is 0 Å². The zero-order chi connectivity index (χ0) is 16.8. The first kappa shape index (κ1) is 15.7. The van der Waals surface area contributed by atoms with Gasteiger partial charge in [0.1, 0.15) is 0 Å². The van der Waals surface area contributed by atoms with Crippen LogP contribution in [0, 0.1) is 24.7 Å². The van der Waals surface area contributed by atoms with Crippen LogP contribution in [-0.4, -0.2) is 0 Å².